The number of Topliss-reactive ketones (excluding diaryl/α,β-unsaturated/α-hetero) is 1. The maximum absolute atomic E-state index is 13.5. The fourth-order valence-corrected chi connectivity index (χ4v) is 4.04. The van der Waals surface area contributed by atoms with Gasteiger partial charge >= 0.3 is 0 Å². The summed E-state index contributed by atoms with van der Waals surface area (Å²) in [6, 6.07) is 15.1. The minimum Gasteiger partial charge on any atom is -0.507 e. The predicted molar refractivity (Wildman–Crippen MR) is 128 cm³/mol. The Hall–Kier alpha value is -4.33. The second-order valence-corrected chi connectivity index (χ2v) is 7.77. The van der Waals surface area contributed by atoms with E-state index in [4.69, 9.17) is 9.47 Å². The molecule has 8 heteroatoms. The normalized spacial score (nSPS) is 17.0. The summed E-state index contributed by atoms with van der Waals surface area (Å²) in [7, 11) is 0. The smallest absolute Gasteiger partial charge is 0.300 e. The number of carbonyl (C=O) groups excluding carboxylic acids is 2. The number of nitrogens with zero attached hydrogens (tertiary/aromatic N) is 1. The number of amides is 1. The molecule has 0 aromatic heterocycles. The molecular formula is C27H24FNO6. The molecule has 35 heavy (non-hydrogen) atoms. The third-order valence-electron chi connectivity index (χ3n) is 5.57. The van der Waals surface area contributed by atoms with Crippen molar-refractivity contribution >= 4 is 23.1 Å². The van der Waals surface area contributed by atoms with Crippen LogP contribution >= 0.6 is 0 Å². The van der Waals surface area contributed by atoms with Crippen LogP contribution in [0.4, 0.5) is 10.1 Å². The third kappa shape index (κ3) is 4.55. The number of phenolic OH excluding ortho intramolecular Hbond substituents is 1. The Kier molecular flexibility index (Phi) is 6.73. The van der Waals surface area contributed by atoms with Crippen molar-refractivity contribution in [1.82, 2.24) is 0 Å². The minimum absolute atomic E-state index is 0.107. The van der Waals surface area contributed by atoms with Crippen molar-refractivity contribution in [2.75, 3.05) is 18.1 Å². The number of ketones is 1. The summed E-state index contributed by atoms with van der Waals surface area (Å²) in [4.78, 5) is 27.8. The van der Waals surface area contributed by atoms with E-state index in [1.54, 1.807) is 37.3 Å². The van der Waals surface area contributed by atoms with Crippen LogP contribution in [-0.4, -0.2) is 35.1 Å². The highest BCUT2D eigenvalue weighted by Crippen LogP contribution is 2.44. The number of aliphatic hydroxyl groups is 1. The number of anilines is 1. The van der Waals surface area contributed by atoms with E-state index in [2.05, 4.69) is 0 Å². The molecule has 0 bridgehead atoms. The van der Waals surface area contributed by atoms with Gasteiger partial charge in [0.05, 0.1) is 24.8 Å². The van der Waals surface area contributed by atoms with Crippen molar-refractivity contribution in [3.63, 3.8) is 0 Å². The Morgan fingerprint density at radius 2 is 1.69 bits per heavy atom. The number of rotatable bonds is 7. The van der Waals surface area contributed by atoms with E-state index in [-0.39, 0.29) is 29.2 Å². The first kappa shape index (κ1) is 23.8. The van der Waals surface area contributed by atoms with Crippen LogP contribution < -0.4 is 14.4 Å². The maximum atomic E-state index is 13.5. The number of ether oxygens (including phenoxy) is 2. The number of benzene rings is 3. The molecular weight excluding hydrogens is 453 g/mol. The Bertz CT molecular complexity index is 1300. The zero-order valence-electron chi connectivity index (χ0n) is 19.2. The largest absolute Gasteiger partial charge is 0.507 e. The predicted octanol–water partition coefficient (Wildman–Crippen LogP) is 4.96. The highest BCUT2D eigenvalue weighted by Gasteiger charge is 2.47. The first-order valence-electron chi connectivity index (χ1n) is 11.1. The topological polar surface area (TPSA) is 96.3 Å². The van der Waals surface area contributed by atoms with Gasteiger partial charge in [-0.1, -0.05) is 12.1 Å². The number of aromatic hydroxyl groups is 1. The van der Waals surface area contributed by atoms with Crippen LogP contribution in [0, 0.1) is 5.82 Å². The summed E-state index contributed by atoms with van der Waals surface area (Å²) in [5.41, 5.74) is 0.820. The fourth-order valence-electron chi connectivity index (χ4n) is 4.04. The zero-order valence-corrected chi connectivity index (χ0v) is 19.2. The lowest BCUT2D eigenvalue weighted by Crippen LogP contribution is -2.29. The van der Waals surface area contributed by atoms with Crippen LogP contribution in [0.15, 0.2) is 72.3 Å². The van der Waals surface area contributed by atoms with E-state index in [0.717, 1.165) is 12.1 Å². The molecule has 1 amide bonds. The van der Waals surface area contributed by atoms with Crippen molar-refractivity contribution < 1.29 is 33.7 Å². The van der Waals surface area contributed by atoms with E-state index in [1.807, 2.05) is 6.92 Å². The lowest BCUT2D eigenvalue weighted by molar-refractivity contribution is -0.132. The quantitative estimate of drug-likeness (QED) is 0.284. The second-order valence-electron chi connectivity index (χ2n) is 7.77. The average molecular weight is 477 g/mol. The fraction of sp³-hybridized carbons (Fsp3) is 0.185. The number of hydrogen-bond acceptors (Lipinski definition) is 6. The standard InChI is InChI=1S/C27H24FNO6/c1-3-34-20-7-5-6-19(15-20)29-24(17-10-13-21(30)22(14-17)35-4-2)23(26(32)27(29)33)25(31)16-8-11-18(28)12-9-16/h5-15,24,30-31H,3-4H2,1-2H3/b25-23-. The van der Waals surface area contributed by atoms with Gasteiger partial charge in [0.25, 0.3) is 11.7 Å². The molecule has 0 radical (unpaired) electrons. The van der Waals surface area contributed by atoms with Crippen LogP contribution in [0.1, 0.15) is 31.0 Å². The van der Waals surface area contributed by atoms with Crippen LogP contribution in [0.2, 0.25) is 0 Å². The van der Waals surface area contributed by atoms with E-state index in [0.29, 0.717) is 23.6 Å². The first-order chi connectivity index (χ1) is 16.8. The first-order valence-corrected chi connectivity index (χ1v) is 11.1. The number of aliphatic hydroxyl groups excluding tert-OH is 1. The number of carbonyl (C=O) groups is 2. The van der Waals surface area contributed by atoms with Crippen molar-refractivity contribution in [3.05, 3.63) is 89.2 Å². The lowest BCUT2D eigenvalue weighted by Gasteiger charge is -2.26. The van der Waals surface area contributed by atoms with Gasteiger partial charge in [-0.2, -0.15) is 0 Å². The summed E-state index contributed by atoms with van der Waals surface area (Å²) in [5.74, 6) is -2.13. The molecule has 1 saturated heterocycles. The Morgan fingerprint density at radius 1 is 0.971 bits per heavy atom. The molecule has 1 aliphatic heterocycles. The maximum Gasteiger partial charge on any atom is 0.300 e. The lowest BCUT2D eigenvalue weighted by atomic mass is 9.94. The van der Waals surface area contributed by atoms with Crippen LogP contribution in [0.3, 0.4) is 0 Å². The van der Waals surface area contributed by atoms with Gasteiger partial charge in [0.2, 0.25) is 0 Å². The van der Waals surface area contributed by atoms with Gasteiger partial charge in [-0.25, -0.2) is 4.39 Å². The molecule has 3 aromatic rings. The molecule has 1 atom stereocenters. The summed E-state index contributed by atoms with van der Waals surface area (Å²) in [5, 5.41) is 21.3. The molecule has 3 aromatic carbocycles. The summed E-state index contributed by atoms with van der Waals surface area (Å²) >= 11 is 0. The molecule has 180 valence electrons. The molecule has 0 aliphatic carbocycles. The average Bonchev–Trinajstić information content (AvgIpc) is 3.11. The van der Waals surface area contributed by atoms with Crippen molar-refractivity contribution in [1.29, 1.82) is 0 Å². The molecule has 0 saturated carbocycles. The molecule has 1 fully saturated rings. The van der Waals surface area contributed by atoms with Gasteiger partial charge in [0, 0.05) is 17.3 Å². The van der Waals surface area contributed by atoms with Gasteiger partial charge in [-0.05, 0) is 67.9 Å². The van der Waals surface area contributed by atoms with Crippen LogP contribution in [0.25, 0.3) is 5.76 Å². The summed E-state index contributed by atoms with van der Waals surface area (Å²) in [6.45, 7) is 4.27. The summed E-state index contributed by atoms with van der Waals surface area (Å²) in [6.07, 6.45) is 0. The van der Waals surface area contributed by atoms with Gasteiger partial charge in [-0.15, -0.1) is 0 Å². The van der Waals surface area contributed by atoms with Gasteiger partial charge in [-0.3, -0.25) is 14.5 Å². The zero-order chi connectivity index (χ0) is 25.1. The Balaban J connectivity index is 1.94. The van der Waals surface area contributed by atoms with Gasteiger partial charge in [0.15, 0.2) is 11.5 Å². The van der Waals surface area contributed by atoms with Crippen molar-refractivity contribution in [2.24, 2.45) is 0 Å². The Labute approximate surface area is 201 Å². The monoisotopic (exact) mass is 477 g/mol. The van der Waals surface area contributed by atoms with E-state index in [9.17, 15) is 24.2 Å². The molecule has 2 N–H and O–H groups in total. The number of hydrogen-bond donors (Lipinski definition) is 2. The Morgan fingerprint density at radius 3 is 2.37 bits per heavy atom. The highest BCUT2D eigenvalue weighted by atomic mass is 19.1. The third-order valence-corrected chi connectivity index (χ3v) is 5.57. The molecule has 1 heterocycles. The SMILES string of the molecule is CCOc1cccc(N2C(=O)C(=O)/C(=C(\O)c3ccc(F)cc3)C2c2ccc(O)c(OCC)c2)c1. The molecule has 1 unspecified atom stereocenters. The number of halogens is 1. The van der Waals surface area contributed by atoms with Crippen molar-refractivity contribution in [2.45, 2.75) is 19.9 Å². The molecule has 1 aliphatic rings. The van der Waals surface area contributed by atoms with E-state index >= 15 is 0 Å². The summed E-state index contributed by atoms with van der Waals surface area (Å²) < 4.78 is 24.5. The van der Waals surface area contributed by atoms with Crippen LogP contribution in [-0.2, 0) is 9.59 Å². The number of phenols is 1. The van der Waals surface area contributed by atoms with Gasteiger partial charge in [0.1, 0.15) is 17.3 Å². The van der Waals surface area contributed by atoms with Crippen molar-refractivity contribution in [3.8, 4) is 17.2 Å². The molecule has 7 nitrogen and oxygen atoms in total. The van der Waals surface area contributed by atoms with E-state index in [1.165, 1.54) is 29.2 Å². The molecule has 4 rings (SSSR count). The van der Waals surface area contributed by atoms with Crippen LogP contribution in [0.5, 0.6) is 17.2 Å². The van der Waals surface area contributed by atoms with Gasteiger partial charge < -0.3 is 19.7 Å². The second kappa shape index (κ2) is 9.89. The highest BCUT2D eigenvalue weighted by molar-refractivity contribution is 6.51. The minimum atomic E-state index is -1.04. The molecule has 0 spiro atoms. The van der Waals surface area contributed by atoms with E-state index < -0.39 is 29.3 Å².